The number of piperidine rings is 1. The summed E-state index contributed by atoms with van der Waals surface area (Å²) in [7, 11) is 1.99. The Morgan fingerprint density at radius 3 is 2.57 bits per heavy atom. The molecule has 4 heteroatoms. The molecule has 1 saturated heterocycles. The minimum absolute atomic E-state index is 0.0686. The van der Waals surface area contributed by atoms with Crippen LogP contribution in [-0.4, -0.2) is 43.2 Å². The van der Waals surface area contributed by atoms with Crippen LogP contribution in [0.2, 0.25) is 0 Å². The Morgan fingerprint density at radius 2 is 2.07 bits per heavy atom. The smallest absolute Gasteiger partial charge is 0.219 e. The van der Waals surface area contributed by atoms with E-state index in [-0.39, 0.29) is 12.5 Å². The van der Waals surface area contributed by atoms with E-state index >= 15 is 0 Å². The Kier molecular flexibility index (Phi) is 3.86. The maximum atomic E-state index is 14.0. The lowest BCUT2D eigenvalue weighted by Gasteiger charge is -2.34. The van der Waals surface area contributed by atoms with E-state index in [1.165, 1.54) is 0 Å². The molecule has 0 atom stereocenters. The second-order valence-corrected chi connectivity index (χ2v) is 4.08. The quantitative estimate of drug-likeness (QED) is 0.739. The van der Waals surface area contributed by atoms with Gasteiger partial charge in [0.15, 0.2) is 0 Å². The van der Waals surface area contributed by atoms with Crippen molar-refractivity contribution in [2.45, 2.75) is 31.9 Å². The van der Waals surface area contributed by atoms with Gasteiger partial charge in [0.1, 0.15) is 5.67 Å². The maximum Gasteiger partial charge on any atom is 0.219 e. The third kappa shape index (κ3) is 3.25. The van der Waals surface area contributed by atoms with Crippen LogP contribution in [0.15, 0.2) is 0 Å². The van der Waals surface area contributed by atoms with Crippen molar-refractivity contribution in [3.05, 3.63) is 0 Å². The van der Waals surface area contributed by atoms with Crippen LogP contribution in [0, 0.1) is 0 Å². The van der Waals surface area contributed by atoms with Crippen LogP contribution in [0.5, 0.6) is 0 Å². The fourth-order valence-corrected chi connectivity index (χ4v) is 1.58. The maximum absolute atomic E-state index is 14.0. The third-order valence-electron chi connectivity index (χ3n) is 2.81. The number of hydrogen-bond donors (Lipinski definition) is 1. The summed E-state index contributed by atoms with van der Waals surface area (Å²) in [5, 5.41) is 2.62. The van der Waals surface area contributed by atoms with Crippen LogP contribution >= 0.6 is 0 Å². The molecule has 1 heterocycles. The Labute approximate surface area is 84.7 Å². The molecule has 0 aromatic heterocycles. The molecule has 82 valence electrons. The summed E-state index contributed by atoms with van der Waals surface area (Å²) in [6.07, 6.45) is 1.47. The molecular weight excluding hydrogens is 183 g/mol. The van der Waals surface area contributed by atoms with Gasteiger partial charge in [-0.2, -0.15) is 0 Å². The van der Waals surface area contributed by atoms with Crippen LogP contribution < -0.4 is 5.32 Å². The first-order chi connectivity index (χ1) is 6.56. The minimum Gasteiger partial charge on any atom is -0.353 e. The van der Waals surface area contributed by atoms with Crippen molar-refractivity contribution in [2.24, 2.45) is 0 Å². The lowest BCUT2D eigenvalue weighted by molar-refractivity contribution is -0.121. The third-order valence-corrected chi connectivity index (χ3v) is 2.81. The number of rotatable bonds is 3. The van der Waals surface area contributed by atoms with E-state index in [0.717, 1.165) is 13.1 Å². The van der Waals surface area contributed by atoms with Gasteiger partial charge in [-0.1, -0.05) is 6.92 Å². The second kappa shape index (κ2) is 4.73. The molecule has 1 fully saturated rings. The molecule has 0 saturated carbocycles. The average molecular weight is 202 g/mol. The molecule has 14 heavy (non-hydrogen) atoms. The summed E-state index contributed by atoms with van der Waals surface area (Å²) in [5.41, 5.74) is -1.18. The van der Waals surface area contributed by atoms with Gasteiger partial charge in [0.05, 0.1) is 6.54 Å². The van der Waals surface area contributed by atoms with Crippen molar-refractivity contribution < 1.29 is 9.18 Å². The first-order valence-corrected chi connectivity index (χ1v) is 5.20. The molecule has 1 amide bonds. The normalized spacial score (nSPS) is 21.9. The Balaban J connectivity index is 2.31. The lowest BCUT2D eigenvalue weighted by atomic mass is 9.93. The molecule has 0 aliphatic carbocycles. The van der Waals surface area contributed by atoms with Gasteiger partial charge in [-0.05, 0) is 19.9 Å². The molecule has 0 radical (unpaired) electrons. The topological polar surface area (TPSA) is 32.3 Å². The molecular formula is C10H19FN2O. The first-order valence-electron chi connectivity index (χ1n) is 5.20. The molecule has 0 unspecified atom stereocenters. The molecule has 0 bridgehead atoms. The number of likely N-dealkylation sites (tertiary alicyclic amines) is 1. The highest BCUT2D eigenvalue weighted by Crippen LogP contribution is 2.24. The largest absolute Gasteiger partial charge is 0.353 e. The number of alkyl halides is 1. The summed E-state index contributed by atoms with van der Waals surface area (Å²) in [6, 6.07) is 0. The molecule has 0 aromatic rings. The average Bonchev–Trinajstić information content (AvgIpc) is 2.20. The zero-order valence-electron chi connectivity index (χ0n) is 8.98. The van der Waals surface area contributed by atoms with Gasteiger partial charge in [0.25, 0.3) is 0 Å². The van der Waals surface area contributed by atoms with Crippen molar-refractivity contribution in [3.8, 4) is 0 Å². The highest BCUT2D eigenvalue weighted by atomic mass is 19.1. The molecule has 0 aromatic carbocycles. The van der Waals surface area contributed by atoms with Gasteiger partial charge >= 0.3 is 0 Å². The SMILES string of the molecule is CCC(=O)NCC1(F)CCN(C)CC1. The van der Waals surface area contributed by atoms with Gasteiger partial charge in [0, 0.05) is 19.5 Å². The first kappa shape index (κ1) is 11.4. The zero-order chi connectivity index (χ0) is 10.6. The van der Waals surface area contributed by atoms with Gasteiger partial charge in [-0.3, -0.25) is 4.79 Å². The van der Waals surface area contributed by atoms with E-state index in [1.54, 1.807) is 6.92 Å². The van der Waals surface area contributed by atoms with Crippen LogP contribution in [-0.2, 0) is 4.79 Å². The Hall–Kier alpha value is -0.640. The van der Waals surface area contributed by atoms with E-state index < -0.39 is 5.67 Å². The summed E-state index contributed by atoms with van der Waals surface area (Å²) in [5.74, 6) is -0.0686. The molecule has 1 rings (SSSR count). The monoisotopic (exact) mass is 202 g/mol. The predicted octanol–water partition coefficient (Wildman–Crippen LogP) is 0.946. The molecule has 1 aliphatic rings. The van der Waals surface area contributed by atoms with E-state index in [4.69, 9.17) is 0 Å². The van der Waals surface area contributed by atoms with Gasteiger partial charge in [0.2, 0.25) is 5.91 Å². The molecule has 0 spiro atoms. The highest BCUT2D eigenvalue weighted by Gasteiger charge is 2.33. The van der Waals surface area contributed by atoms with Crippen LogP contribution in [0.1, 0.15) is 26.2 Å². The van der Waals surface area contributed by atoms with Gasteiger partial charge < -0.3 is 10.2 Å². The number of hydrogen-bond acceptors (Lipinski definition) is 2. The summed E-state index contributed by atoms with van der Waals surface area (Å²) in [6.45, 7) is 3.50. The lowest BCUT2D eigenvalue weighted by Crippen LogP contribution is -2.47. The number of nitrogens with one attached hydrogen (secondary N) is 1. The second-order valence-electron chi connectivity index (χ2n) is 4.08. The van der Waals surface area contributed by atoms with E-state index in [2.05, 4.69) is 10.2 Å². The fourth-order valence-electron chi connectivity index (χ4n) is 1.58. The summed E-state index contributed by atoms with van der Waals surface area (Å²) in [4.78, 5) is 13.1. The van der Waals surface area contributed by atoms with Crippen molar-refractivity contribution in [1.29, 1.82) is 0 Å². The van der Waals surface area contributed by atoms with Crippen LogP contribution in [0.3, 0.4) is 0 Å². The van der Waals surface area contributed by atoms with Crippen molar-refractivity contribution in [2.75, 3.05) is 26.7 Å². The minimum atomic E-state index is -1.18. The number of amides is 1. The molecule has 1 N–H and O–H groups in total. The Bertz CT molecular complexity index is 200. The number of nitrogens with zero attached hydrogens (tertiary/aromatic N) is 1. The predicted molar refractivity (Wildman–Crippen MR) is 53.9 cm³/mol. The standard InChI is InChI=1S/C10H19FN2O/c1-3-9(14)12-8-10(11)4-6-13(2)7-5-10/h3-8H2,1-2H3,(H,12,14). The van der Waals surface area contributed by atoms with Crippen molar-refractivity contribution in [1.82, 2.24) is 10.2 Å². The number of carbonyl (C=O) groups excluding carboxylic acids is 1. The van der Waals surface area contributed by atoms with Crippen LogP contribution in [0.25, 0.3) is 0 Å². The fraction of sp³-hybridized carbons (Fsp3) is 0.900. The molecule has 1 aliphatic heterocycles. The number of carbonyl (C=O) groups is 1. The van der Waals surface area contributed by atoms with E-state index in [9.17, 15) is 9.18 Å². The summed E-state index contributed by atoms with van der Waals surface area (Å²) >= 11 is 0. The highest BCUT2D eigenvalue weighted by molar-refractivity contribution is 5.75. The van der Waals surface area contributed by atoms with E-state index in [1.807, 2.05) is 7.05 Å². The Morgan fingerprint density at radius 1 is 1.50 bits per heavy atom. The van der Waals surface area contributed by atoms with Gasteiger partial charge in [-0.25, -0.2) is 4.39 Å². The summed E-state index contributed by atoms with van der Waals surface area (Å²) < 4.78 is 14.0. The van der Waals surface area contributed by atoms with Crippen molar-refractivity contribution in [3.63, 3.8) is 0 Å². The zero-order valence-corrected chi connectivity index (χ0v) is 8.98. The van der Waals surface area contributed by atoms with Gasteiger partial charge in [-0.15, -0.1) is 0 Å². The van der Waals surface area contributed by atoms with Crippen LogP contribution in [0.4, 0.5) is 4.39 Å². The van der Waals surface area contributed by atoms with Crippen molar-refractivity contribution >= 4 is 5.91 Å². The van der Waals surface area contributed by atoms with E-state index in [0.29, 0.717) is 19.3 Å². The number of halogens is 1. The molecule has 3 nitrogen and oxygen atoms in total.